The van der Waals surface area contributed by atoms with E-state index >= 15 is 0 Å². The van der Waals surface area contributed by atoms with Crippen molar-refractivity contribution in [3.8, 4) is 0 Å². The second kappa shape index (κ2) is 6.75. The number of carbonyl (C=O) groups excluding carboxylic acids is 2. The summed E-state index contributed by atoms with van der Waals surface area (Å²) >= 11 is 0. The molecule has 2 aliphatic heterocycles. The molecule has 7 nitrogen and oxygen atoms in total. The molecule has 1 aromatic carbocycles. The van der Waals surface area contributed by atoms with Crippen molar-refractivity contribution in [2.24, 2.45) is 11.7 Å². The molecule has 0 radical (unpaired) electrons. The molecule has 0 aromatic heterocycles. The van der Waals surface area contributed by atoms with Crippen LogP contribution >= 0.6 is 0 Å². The Labute approximate surface area is 160 Å². The highest BCUT2D eigenvalue weighted by Gasteiger charge is 2.61. The van der Waals surface area contributed by atoms with E-state index in [4.69, 9.17) is 19.9 Å². The molecule has 2 unspecified atom stereocenters. The SMILES string of the molecule is COC1(C2CCCC3(C2)OCCO3)C(=O)N(CC(N)=O)c2ccc(F)c(F)c21. The van der Waals surface area contributed by atoms with Gasteiger partial charge in [-0.1, -0.05) is 0 Å². The number of nitrogens with two attached hydrogens (primary N) is 1. The van der Waals surface area contributed by atoms with Crippen LogP contribution in [0.4, 0.5) is 14.5 Å². The van der Waals surface area contributed by atoms with Gasteiger partial charge in [0.2, 0.25) is 5.91 Å². The summed E-state index contributed by atoms with van der Waals surface area (Å²) in [6.45, 7) is 0.426. The summed E-state index contributed by atoms with van der Waals surface area (Å²) in [6.07, 6.45) is 2.16. The lowest BCUT2D eigenvalue weighted by molar-refractivity contribution is -0.209. The van der Waals surface area contributed by atoms with Crippen LogP contribution in [0.2, 0.25) is 0 Å². The number of halogens is 2. The quantitative estimate of drug-likeness (QED) is 0.834. The minimum Gasteiger partial charge on any atom is -0.368 e. The molecule has 1 saturated heterocycles. The first-order chi connectivity index (χ1) is 13.3. The summed E-state index contributed by atoms with van der Waals surface area (Å²) in [5.74, 6) is -5.02. The Kier molecular flexibility index (Phi) is 4.64. The normalized spacial score (nSPS) is 28.8. The zero-order valence-electron chi connectivity index (χ0n) is 15.5. The van der Waals surface area contributed by atoms with E-state index in [1.165, 1.54) is 13.2 Å². The van der Waals surface area contributed by atoms with Crippen LogP contribution in [-0.4, -0.2) is 44.5 Å². The Balaban J connectivity index is 1.85. The van der Waals surface area contributed by atoms with Crippen LogP contribution < -0.4 is 10.6 Å². The summed E-state index contributed by atoms with van der Waals surface area (Å²) < 4.78 is 46.3. The Morgan fingerprint density at radius 3 is 2.71 bits per heavy atom. The van der Waals surface area contributed by atoms with E-state index in [0.29, 0.717) is 38.9 Å². The molecule has 28 heavy (non-hydrogen) atoms. The highest BCUT2D eigenvalue weighted by Crippen LogP contribution is 2.54. The molecular formula is C19H22F2N2O5. The van der Waals surface area contributed by atoms with Crippen molar-refractivity contribution >= 4 is 17.5 Å². The largest absolute Gasteiger partial charge is 0.368 e. The number of amides is 2. The van der Waals surface area contributed by atoms with Crippen LogP contribution in [0.25, 0.3) is 0 Å². The van der Waals surface area contributed by atoms with E-state index in [2.05, 4.69) is 0 Å². The summed E-state index contributed by atoms with van der Waals surface area (Å²) in [5.41, 5.74) is 3.40. The zero-order chi connectivity index (χ0) is 20.1. The van der Waals surface area contributed by atoms with Crippen molar-refractivity contribution in [2.45, 2.75) is 37.1 Å². The van der Waals surface area contributed by atoms with Gasteiger partial charge in [-0.25, -0.2) is 8.78 Å². The van der Waals surface area contributed by atoms with Gasteiger partial charge in [0, 0.05) is 25.9 Å². The van der Waals surface area contributed by atoms with Gasteiger partial charge in [0.15, 0.2) is 23.0 Å². The minimum atomic E-state index is -1.78. The van der Waals surface area contributed by atoms with Crippen LogP contribution in [0.5, 0.6) is 0 Å². The molecule has 2 atom stereocenters. The Hall–Kier alpha value is -2.10. The Morgan fingerprint density at radius 2 is 2.07 bits per heavy atom. The second-order valence-corrected chi connectivity index (χ2v) is 7.45. The van der Waals surface area contributed by atoms with Crippen molar-refractivity contribution in [3.63, 3.8) is 0 Å². The van der Waals surface area contributed by atoms with E-state index in [1.807, 2.05) is 0 Å². The topological polar surface area (TPSA) is 91.1 Å². The van der Waals surface area contributed by atoms with Gasteiger partial charge in [-0.3, -0.25) is 14.5 Å². The Bertz CT molecular complexity index is 827. The molecule has 1 aromatic rings. The average Bonchev–Trinajstić information content (AvgIpc) is 3.20. The third-order valence-electron chi connectivity index (χ3n) is 5.99. The number of primary amides is 1. The van der Waals surface area contributed by atoms with Gasteiger partial charge in [-0.2, -0.15) is 0 Å². The third-order valence-corrected chi connectivity index (χ3v) is 5.99. The van der Waals surface area contributed by atoms with Crippen LogP contribution in [0.3, 0.4) is 0 Å². The Morgan fingerprint density at radius 1 is 1.36 bits per heavy atom. The lowest BCUT2D eigenvalue weighted by atomic mass is 9.71. The van der Waals surface area contributed by atoms with E-state index in [1.54, 1.807) is 0 Å². The summed E-state index contributed by atoms with van der Waals surface area (Å²) in [6, 6.07) is 2.20. The van der Waals surface area contributed by atoms with Gasteiger partial charge in [-0.15, -0.1) is 0 Å². The molecular weight excluding hydrogens is 374 g/mol. The maximum atomic E-state index is 15.0. The number of nitrogens with zero attached hydrogens (tertiary/aromatic N) is 1. The van der Waals surface area contributed by atoms with Crippen molar-refractivity contribution in [3.05, 3.63) is 29.3 Å². The molecule has 4 rings (SSSR count). The number of fused-ring (bicyclic) bond motifs is 1. The number of methoxy groups -OCH3 is 1. The summed E-state index contributed by atoms with van der Waals surface area (Å²) in [5, 5.41) is 0. The number of benzene rings is 1. The average molecular weight is 396 g/mol. The van der Waals surface area contributed by atoms with Gasteiger partial charge >= 0.3 is 0 Å². The summed E-state index contributed by atoms with van der Waals surface area (Å²) in [7, 11) is 1.29. The first-order valence-corrected chi connectivity index (χ1v) is 9.26. The van der Waals surface area contributed by atoms with Crippen molar-refractivity contribution in [1.82, 2.24) is 0 Å². The van der Waals surface area contributed by atoms with Gasteiger partial charge in [0.1, 0.15) is 6.54 Å². The number of rotatable bonds is 4. The number of anilines is 1. The van der Waals surface area contributed by atoms with E-state index in [9.17, 15) is 18.4 Å². The predicted octanol–water partition coefficient (Wildman–Crippen LogP) is 1.57. The molecule has 0 bridgehead atoms. The lowest BCUT2D eigenvalue weighted by Crippen LogP contribution is -2.52. The van der Waals surface area contributed by atoms with Crippen LogP contribution in [0, 0.1) is 17.6 Å². The van der Waals surface area contributed by atoms with E-state index < -0.39 is 47.3 Å². The maximum absolute atomic E-state index is 15.0. The van der Waals surface area contributed by atoms with Gasteiger partial charge in [-0.05, 0) is 25.0 Å². The fourth-order valence-corrected chi connectivity index (χ4v) is 4.89. The van der Waals surface area contributed by atoms with Crippen molar-refractivity contribution in [1.29, 1.82) is 0 Å². The highest BCUT2D eigenvalue weighted by molar-refractivity contribution is 6.10. The first-order valence-electron chi connectivity index (χ1n) is 9.26. The molecule has 3 aliphatic rings. The fourth-order valence-electron chi connectivity index (χ4n) is 4.89. The minimum absolute atomic E-state index is 0.0948. The van der Waals surface area contributed by atoms with Crippen LogP contribution in [0.15, 0.2) is 12.1 Å². The molecule has 2 fully saturated rings. The van der Waals surface area contributed by atoms with Crippen molar-refractivity contribution < 1.29 is 32.6 Å². The van der Waals surface area contributed by atoms with Gasteiger partial charge in [0.25, 0.3) is 5.91 Å². The van der Waals surface area contributed by atoms with E-state index in [0.717, 1.165) is 11.0 Å². The highest BCUT2D eigenvalue weighted by atomic mass is 19.2. The predicted molar refractivity (Wildman–Crippen MR) is 93.2 cm³/mol. The van der Waals surface area contributed by atoms with Gasteiger partial charge < -0.3 is 19.9 Å². The smallest absolute Gasteiger partial charge is 0.264 e. The first kappa shape index (κ1) is 19.2. The molecule has 152 valence electrons. The number of hydrogen-bond acceptors (Lipinski definition) is 5. The van der Waals surface area contributed by atoms with Crippen LogP contribution in [-0.2, 0) is 29.4 Å². The second-order valence-electron chi connectivity index (χ2n) is 7.45. The van der Waals surface area contributed by atoms with Crippen LogP contribution in [0.1, 0.15) is 31.2 Å². The fraction of sp³-hybridized carbons (Fsp3) is 0.579. The van der Waals surface area contributed by atoms with E-state index in [-0.39, 0.29) is 11.3 Å². The number of carbonyl (C=O) groups is 2. The third kappa shape index (κ3) is 2.64. The number of hydrogen-bond donors (Lipinski definition) is 1. The van der Waals surface area contributed by atoms with Crippen molar-refractivity contribution in [2.75, 3.05) is 31.8 Å². The summed E-state index contributed by atoms with van der Waals surface area (Å²) in [4.78, 5) is 26.0. The molecule has 2 N–H and O–H groups in total. The molecule has 9 heteroatoms. The zero-order valence-corrected chi connectivity index (χ0v) is 15.5. The maximum Gasteiger partial charge on any atom is 0.264 e. The monoisotopic (exact) mass is 396 g/mol. The molecule has 1 aliphatic carbocycles. The number of ether oxygens (including phenoxy) is 3. The molecule has 1 spiro atoms. The van der Waals surface area contributed by atoms with Gasteiger partial charge in [0.05, 0.1) is 24.5 Å². The molecule has 2 amide bonds. The lowest BCUT2D eigenvalue weighted by Gasteiger charge is -2.43. The molecule has 2 heterocycles. The molecule has 1 saturated carbocycles. The standard InChI is InChI=1S/C19H22F2N2O5/c1-26-19(11-3-2-6-18(9-11)27-7-8-28-18)15-13(5-4-12(20)16(15)21)23(17(19)25)10-14(22)24/h4-5,11H,2-3,6-10H2,1H3,(H2,22,24).